The van der Waals surface area contributed by atoms with Gasteiger partial charge in [0.1, 0.15) is 0 Å². The van der Waals surface area contributed by atoms with Crippen LogP contribution in [0.25, 0.3) is 0 Å². The summed E-state index contributed by atoms with van der Waals surface area (Å²) < 4.78 is 7.28. The minimum absolute atomic E-state index is 0.442. The van der Waals surface area contributed by atoms with E-state index < -0.39 is 5.54 Å². The zero-order valence-electron chi connectivity index (χ0n) is 9.86. The standard InChI is InChI=1S/C11H21N3O/c1-4-6-14-8-10(7-13-14)11(3,12)9-15-5-2/h7-8H,4-6,9,12H2,1-3H3. The molecule has 15 heavy (non-hydrogen) atoms. The SMILES string of the molecule is CCCn1cc(C(C)(N)COCC)cn1. The Kier molecular flexibility index (Phi) is 4.29. The zero-order valence-corrected chi connectivity index (χ0v) is 9.86. The molecule has 0 aliphatic rings. The highest BCUT2D eigenvalue weighted by molar-refractivity contribution is 5.16. The van der Waals surface area contributed by atoms with Crippen LogP contribution < -0.4 is 5.73 Å². The number of hydrogen-bond acceptors (Lipinski definition) is 3. The molecular formula is C11H21N3O. The van der Waals surface area contributed by atoms with E-state index in [0.717, 1.165) is 18.5 Å². The fraction of sp³-hybridized carbons (Fsp3) is 0.727. The van der Waals surface area contributed by atoms with Crippen LogP contribution in [0.15, 0.2) is 12.4 Å². The van der Waals surface area contributed by atoms with Gasteiger partial charge in [0, 0.05) is 24.9 Å². The maximum absolute atomic E-state index is 6.16. The lowest BCUT2D eigenvalue weighted by Gasteiger charge is -2.22. The molecule has 2 N–H and O–H groups in total. The van der Waals surface area contributed by atoms with Crippen LogP contribution in [-0.4, -0.2) is 23.0 Å². The first kappa shape index (κ1) is 12.2. The summed E-state index contributed by atoms with van der Waals surface area (Å²) in [5.74, 6) is 0. The molecular weight excluding hydrogens is 190 g/mol. The van der Waals surface area contributed by atoms with E-state index in [9.17, 15) is 0 Å². The van der Waals surface area contributed by atoms with Gasteiger partial charge in [0.25, 0.3) is 0 Å². The van der Waals surface area contributed by atoms with Gasteiger partial charge in [0.15, 0.2) is 0 Å². The van der Waals surface area contributed by atoms with Gasteiger partial charge in [-0.1, -0.05) is 6.92 Å². The smallest absolute Gasteiger partial charge is 0.0686 e. The molecule has 0 saturated heterocycles. The van der Waals surface area contributed by atoms with Crippen molar-refractivity contribution >= 4 is 0 Å². The molecule has 0 amide bonds. The van der Waals surface area contributed by atoms with Gasteiger partial charge in [-0.25, -0.2) is 0 Å². The van der Waals surface area contributed by atoms with E-state index >= 15 is 0 Å². The first-order valence-corrected chi connectivity index (χ1v) is 5.49. The molecule has 1 heterocycles. The Balaban J connectivity index is 2.67. The normalized spacial score (nSPS) is 15.2. The monoisotopic (exact) mass is 211 g/mol. The summed E-state index contributed by atoms with van der Waals surface area (Å²) in [5, 5.41) is 4.26. The summed E-state index contributed by atoms with van der Waals surface area (Å²) in [6.07, 6.45) is 4.91. The van der Waals surface area contributed by atoms with Gasteiger partial charge >= 0.3 is 0 Å². The molecule has 1 unspecified atom stereocenters. The van der Waals surface area contributed by atoms with Crippen LogP contribution in [0, 0.1) is 0 Å². The predicted molar refractivity (Wildman–Crippen MR) is 60.6 cm³/mol. The minimum Gasteiger partial charge on any atom is -0.379 e. The van der Waals surface area contributed by atoms with Gasteiger partial charge in [0.2, 0.25) is 0 Å². The van der Waals surface area contributed by atoms with Gasteiger partial charge in [-0.2, -0.15) is 5.10 Å². The predicted octanol–water partition coefficient (Wildman–Crippen LogP) is 1.50. The Hall–Kier alpha value is -0.870. The van der Waals surface area contributed by atoms with E-state index in [1.165, 1.54) is 0 Å². The summed E-state index contributed by atoms with van der Waals surface area (Å²) in [6, 6.07) is 0. The number of aryl methyl sites for hydroxylation is 1. The molecule has 0 spiro atoms. The summed E-state index contributed by atoms with van der Waals surface area (Å²) in [6.45, 7) is 8.22. The maximum atomic E-state index is 6.16. The number of hydrogen-bond donors (Lipinski definition) is 1. The van der Waals surface area contributed by atoms with Gasteiger partial charge in [-0.3, -0.25) is 4.68 Å². The quantitative estimate of drug-likeness (QED) is 0.776. The Morgan fingerprint density at radius 3 is 2.87 bits per heavy atom. The number of rotatable bonds is 6. The molecule has 1 rings (SSSR count). The fourth-order valence-corrected chi connectivity index (χ4v) is 1.41. The van der Waals surface area contributed by atoms with Crippen molar-refractivity contribution in [3.63, 3.8) is 0 Å². The molecule has 0 fully saturated rings. The third kappa shape index (κ3) is 3.32. The van der Waals surface area contributed by atoms with Gasteiger partial charge in [0.05, 0.1) is 18.3 Å². The first-order chi connectivity index (χ1) is 7.10. The zero-order chi connectivity index (χ0) is 11.3. The third-order valence-corrected chi connectivity index (χ3v) is 2.35. The van der Waals surface area contributed by atoms with Crippen molar-refractivity contribution in [2.24, 2.45) is 5.73 Å². The van der Waals surface area contributed by atoms with E-state index in [4.69, 9.17) is 10.5 Å². The Morgan fingerprint density at radius 1 is 1.53 bits per heavy atom. The summed E-state index contributed by atoms with van der Waals surface area (Å²) in [4.78, 5) is 0. The lowest BCUT2D eigenvalue weighted by molar-refractivity contribution is 0.101. The van der Waals surface area contributed by atoms with Crippen molar-refractivity contribution in [1.82, 2.24) is 9.78 Å². The highest BCUT2D eigenvalue weighted by Gasteiger charge is 2.22. The van der Waals surface area contributed by atoms with Crippen molar-refractivity contribution in [2.75, 3.05) is 13.2 Å². The van der Waals surface area contributed by atoms with Crippen LogP contribution >= 0.6 is 0 Å². The van der Waals surface area contributed by atoms with Crippen molar-refractivity contribution in [1.29, 1.82) is 0 Å². The fourth-order valence-electron chi connectivity index (χ4n) is 1.41. The molecule has 0 saturated carbocycles. The molecule has 0 bridgehead atoms. The highest BCUT2D eigenvalue weighted by atomic mass is 16.5. The number of ether oxygens (including phenoxy) is 1. The van der Waals surface area contributed by atoms with E-state index in [1.54, 1.807) is 0 Å². The molecule has 0 radical (unpaired) electrons. The molecule has 1 atom stereocenters. The van der Waals surface area contributed by atoms with Crippen LogP contribution in [0.1, 0.15) is 32.8 Å². The number of aromatic nitrogens is 2. The molecule has 1 aromatic rings. The maximum Gasteiger partial charge on any atom is 0.0686 e. The second-order valence-corrected chi connectivity index (χ2v) is 4.05. The molecule has 4 heteroatoms. The number of nitrogens with zero attached hydrogens (tertiary/aromatic N) is 2. The average molecular weight is 211 g/mol. The summed E-state index contributed by atoms with van der Waals surface area (Å²) >= 11 is 0. The Morgan fingerprint density at radius 2 is 2.27 bits per heavy atom. The largest absolute Gasteiger partial charge is 0.379 e. The molecule has 86 valence electrons. The van der Waals surface area contributed by atoms with E-state index in [0.29, 0.717) is 13.2 Å². The van der Waals surface area contributed by atoms with Gasteiger partial charge in [-0.05, 0) is 20.3 Å². The Labute approximate surface area is 91.4 Å². The van der Waals surface area contributed by atoms with E-state index in [-0.39, 0.29) is 0 Å². The van der Waals surface area contributed by atoms with Crippen LogP contribution in [0.4, 0.5) is 0 Å². The van der Waals surface area contributed by atoms with E-state index in [2.05, 4.69) is 12.0 Å². The summed E-state index contributed by atoms with van der Waals surface area (Å²) in [5.41, 5.74) is 6.74. The lowest BCUT2D eigenvalue weighted by atomic mass is 9.98. The van der Waals surface area contributed by atoms with Crippen molar-refractivity contribution in [3.05, 3.63) is 18.0 Å². The first-order valence-electron chi connectivity index (χ1n) is 5.49. The van der Waals surface area contributed by atoms with Crippen molar-refractivity contribution in [3.8, 4) is 0 Å². The van der Waals surface area contributed by atoms with Crippen LogP contribution in [0.3, 0.4) is 0 Å². The molecule has 0 aliphatic heterocycles. The lowest BCUT2D eigenvalue weighted by Crippen LogP contribution is -2.37. The third-order valence-electron chi connectivity index (χ3n) is 2.35. The van der Waals surface area contributed by atoms with Crippen LogP contribution in [0.2, 0.25) is 0 Å². The van der Waals surface area contributed by atoms with Crippen molar-refractivity contribution < 1.29 is 4.74 Å². The van der Waals surface area contributed by atoms with Gasteiger partial charge < -0.3 is 10.5 Å². The number of nitrogens with two attached hydrogens (primary N) is 1. The van der Waals surface area contributed by atoms with Gasteiger partial charge in [-0.15, -0.1) is 0 Å². The highest BCUT2D eigenvalue weighted by Crippen LogP contribution is 2.17. The van der Waals surface area contributed by atoms with Crippen molar-refractivity contribution in [2.45, 2.75) is 39.3 Å². The van der Waals surface area contributed by atoms with Crippen LogP contribution in [0.5, 0.6) is 0 Å². The second kappa shape index (κ2) is 5.28. The molecule has 4 nitrogen and oxygen atoms in total. The topological polar surface area (TPSA) is 53.1 Å². The Bertz CT molecular complexity index is 294. The second-order valence-electron chi connectivity index (χ2n) is 4.05. The minimum atomic E-state index is -0.442. The van der Waals surface area contributed by atoms with E-state index in [1.807, 2.05) is 30.9 Å². The molecule has 0 aliphatic carbocycles. The summed E-state index contributed by atoms with van der Waals surface area (Å²) in [7, 11) is 0. The van der Waals surface area contributed by atoms with Crippen LogP contribution in [-0.2, 0) is 16.8 Å². The molecule has 0 aromatic carbocycles. The molecule has 1 aromatic heterocycles. The average Bonchev–Trinajstić information content (AvgIpc) is 2.65.